The Morgan fingerprint density at radius 1 is 1.22 bits per heavy atom. The summed E-state index contributed by atoms with van der Waals surface area (Å²) in [6.45, 7) is 7.28. The number of hydrogen-bond acceptors (Lipinski definition) is 6. The van der Waals surface area contributed by atoms with Gasteiger partial charge in [0.05, 0.1) is 22.5 Å². The molecule has 0 saturated carbocycles. The molecule has 1 heterocycles. The average molecular weight is 367 g/mol. The topological polar surface area (TPSA) is 98.4 Å². The predicted molar refractivity (Wildman–Crippen MR) is 107 cm³/mol. The maximum Gasteiger partial charge on any atom is 0.491 e. The number of rotatable bonds is 8. The predicted octanol–water partition coefficient (Wildman–Crippen LogP) is 1.86. The van der Waals surface area contributed by atoms with Crippen molar-refractivity contribution >= 4 is 18.3 Å². The van der Waals surface area contributed by atoms with Crippen molar-refractivity contribution in [2.24, 2.45) is 0 Å². The number of benzene rings is 1. The summed E-state index contributed by atoms with van der Waals surface area (Å²) < 4.78 is 5.68. The molecule has 0 aliphatic rings. The monoisotopic (exact) mass is 367 g/mol. The first kappa shape index (κ1) is 20.9. The summed E-state index contributed by atoms with van der Waals surface area (Å²) in [7, 11) is -1.23. The third-order valence-electron chi connectivity index (χ3n) is 4.75. The maximum absolute atomic E-state index is 10.5. The van der Waals surface area contributed by atoms with Gasteiger partial charge >= 0.3 is 7.12 Å². The molecule has 0 aliphatic heterocycles. The zero-order chi connectivity index (χ0) is 20.1. The average Bonchev–Trinajstić information content (AvgIpc) is 2.61. The van der Waals surface area contributed by atoms with Gasteiger partial charge in [0, 0.05) is 24.9 Å². The van der Waals surface area contributed by atoms with Crippen molar-refractivity contribution in [3.8, 4) is 6.07 Å². The fourth-order valence-corrected chi connectivity index (χ4v) is 2.32. The number of hydrogen-bond donors (Lipinski definition) is 3. The highest BCUT2D eigenvalue weighted by molar-refractivity contribution is 6.60. The number of anilines is 1. The number of nitriles is 1. The molecule has 0 saturated heterocycles. The second-order valence-electron chi connectivity index (χ2n) is 7.45. The van der Waals surface area contributed by atoms with E-state index in [9.17, 15) is 15.4 Å². The smallest absolute Gasteiger partial charge is 0.423 e. The highest BCUT2D eigenvalue weighted by Gasteiger charge is 2.39. The van der Waals surface area contributed by atoms with Gasteiger partial charge < -0.3 is 20.1 Å². The highest BCUT2D eigenvalue weighted by Crippen LogP contribution is 2.25. The number of pyridine rings is 1. The van der Waals surface area contributed by atoms with Gasteiger partial charge in [-0.2, -0.15) is 5.26 Å². The zero-order valence-corrected chi connectivity index (χ0v) is 16.2. The molecule has 142 valence electrons. The van der Waals surface area contributed by atoms with Crippen LogP contribution in [0, 0.1) is 11.3 Å². The van der Waals surface area contributed by atoms with Crippen LogP contribution in [-0.4, -0.2) is 40.0 Å². The summed E-state index contributed by atoms with van der Waals surface area (Å²) in [5.41, 5.74) is 0.460. The Balaban J connectivity index is 2.11. The van der Waals surface area contributed by atoms with Crippen LogP contribution in [0.15, 0.2) is 42.6 Å². The summed E-state index contributed by atoms with van der Waals surface area (Å²) in [5, 5.41) is 33.2. The van der Waals surface area contributed by atoms with Crippen LogP contribution >= 0.6 is 0 Å². The van der Waals surface area contributed by atoms with E-state index in [1.807, 2.05) is 18.2 Å². The summed E-state index contributed by atoms with van der Waals surface area (Å²) in [5.74, 6) is 0. The molecular weight excluding hydrogens is 341 g/mol. The molecule has 0 aliphatic carbocycles. The van der Waals surface area contributed by atoms with Crippen molar-refractivity contribution in [3.63, 3.8) is 0 Å². The SMILES string of the molecule is CC(C)(O)C(C)(C)OB(O)c1ccc(C#N)c(NCCc2ccccn2)c1. The van der Waals surface area contributed by atoms with E-state index in [0.29, 0.717) is 29.7 Å². The van der Waals surface area contributed by atoms with Gasteiger partial charge in [-0.3, -0.25) is 4.98 Å². The molecule has 2 aromatic rings. The Hall–Kier alpha value is -2.40. The lowest BCUT2D eigenvalue weighted by atomic mass is 9.76. The van der Waals surface area contributed by atoms with Crippen molar-refractivity contribution in [1.82, 2.24) is 4.98 Å². The third kappa shape index (κ3) is 5.54. The first-order valence-corrected chi connectivity index (χ1v) is 8.90. The molecule has 27 heavy (non-hydrogen) atoms. The molecule has 0 fully saturated rings. The summed E-state index contributed by atoms with van der Waals surface area (Å²) in [4.78, 5) is 4.27. The highest BCUT2D eigenvalue weighted by atomic mass is 16.5. The fraction of sp³-hybridized carbons (Fsp3) is 0.400. The summed E-state index contributed by atoms with van der Waals surface area (Å²) in [6, 6.07) is 12.9. The van der Waals surface area contributed by atoms with Gasteiger partial charge in [0.25, 0.3) is 0 Å². The van der Waals surface area contributed by atoms with Crippen LogP contribution < -0.4 is 10.8 Å². The van der Waals surface area contributed by atoms with Crippen molar-refractivity contribution in [1.29, 1.82) is 5.26 Å². The molecule has 0 bridgehead atoms. The lowest BCUT2D eigenvalue weighted by Gasteiger charge is -2.38. The van der Waals surface area contributed by atoms with E-state index in [4.69, 9.17) is 4.65 Å². The van der Waals surface area contributed by atoms with Gasteiger partial charge in [-0.25, -0.2) is 0 Å². The molecule has 2 rings (SSSR count). The molecule has 1 aromatic carbocycles. The number of nitrogens with zero attached hydrogens (tertiary/aromatic N) is 2. The molecule has 0 amide bonds. The molecule has 0 spiro atoms. The second kappa shape index (κ2) is 8.53. The molecule has 0 unspecified atom stereocenters. The van der Waals surface area contributed by atoms with Crippen LogP contribution in [0.1, 0.15) is 39.0 Å². The molecule has 1 aromatic heterocycles. The molecule has 3 N–H and O–H groups in total. The van der Waals surface area contributed by atoms with Gasteiger partial charge in [-0.05, 0) is 57.4 Å². The van der Waals surface area contributed by atoms with E-state index in [0.717, 1.165) is 5.69 Å². The minimum absolute atomic E-state index is 0.480. The van der Waals surface area contributed by atoms with E-state index in [1.54, 1.807) is 52.1 Å². The minimum Gasteiger partial charge on any atom is -0.423 e. The van der Waals surface area contributed by atoms with Crippen molar-refractivity contribution in [2.75, 3.05) is 11.9 Å². The van der Waals surface area contributed by atoms with Crippen LogP contribution in [0.4, 0.5) is 5.69 Å². The van der Waals surface area contributed by atoms with Crippen LogP contribution in [0.3, 0.4) is 0 Å². The first-order valence-electron chi connectivity index (χ1n) is 8.90. The molecule has 6 nitrogen and oxygen atoms in total. The Morgan fingerprint density at radius 3 is 2.56 bits per heavy atom. The van der Waals surface area contributed by atoms with Gasteiger partial charge in [0.15, 0.2) is 0 Å². The lowest BCUT2D eigenvalue weighted by Crippen LogP contribution is -2.53. The van der Waals surface area contributed by atoms with E-state index < -0.39 is 18.3 Å². The lowest BCUT2D eigenvalue weighted by molar-refractivity contribution is -0.0982. The summed E-state index contributed by atoms with van der Waals surface area (Å²) >= 11 is 0. The zero-order valence-electron chi connectivity index (χ0n) is 16.2. The first-order chi connectivity index (χ1) is 12.6. The molecule has 0 radical (unpaired) electrons. The van der Waals surface area contributed by atoms with Gasteiger partial charge in [-0.1, -0.05) is 12.1 Å². The Labute approximate surface area is 161 Å². The normalized spacial score (nSPS) is 11.7. The number of nitrogens with one attached hydrogen (secondary N) is 1. The van der Waals surface area contributed by atoms with Crippen LogP contribution in [0.25, 0.3) is 0 Å². The van der Waals surface area contributed by atoms with Crippen LogP contribution in [-0.2, 0) is 11.1 Å². The third-order valence-corrected chi connectivity index (χ3v) is 4.75. The molecular formula is C20H26BN3O3. The maximum atomic E-state index is 10.5. The van der Waals surface area contributed by atoms with Crippen molar-refractivity contribution in [3.05, 3.63) is 53.9 Å². The Morgan fingerprint density at radius 2 is 1.96 bits per heavy atom. The van der Waals surface area contributed by atoms with Gasteiger partial charge in [0.1, 0.15) is 6.07 Å². The van der Waals surface area contributed by atoms with E-state index in [1.165, 1.54) is 0 Å². The fourth-order valence-electron chi connectivity index (χ4n) is 2.32. The largest absolute Gasteiger partial charge is 0.491 e. The van der Waals surface area contributed by atoms with Crippen LogP contribution in [0.2, 0.25) is 0 Å². The van der Waals surface area contributed by atoms with E-state index >= 15 is 0 Å². The standard InChI is InChI=1S/C20H26BN3O3/c1-19(2,25)20(3,4)27-21(26)16-9-8-15(14-22)18(13-16)24-12-10-17-7-5-6-11-23-17/h5-9,11,13,24-26H,10,12H2,1-4H3. The second-order valence-corrected chi connectivity index (χ2v) is 7.45. The van der Waals surface area contributed by atoms with Crippen LogP contribution in [0.5, 0.6) is 0 Å². The van der Waals surface area contributed by atoms with Crippen molar-refractivity contribution < 1.29 is 14.8 Å². The minimum atomic E-state index is -1.23. The van der Waals surface area contributed by atoms with Gasteiger partial charge in [0.2, 0.25) is 0 Å². The Kier molecular flexibility index (Phi) is 6.61. The molecule has 7 heteroatoms. The molecule has 0 atom stereocenters. The van der Waals surface area contributed by atoms with Crippen molar-refractivity contribution in [2.45, 2.75) is 45.3 Å². The number of aliphatic hydroxyl groups is 1. The van der Waals surface area contributed by atoms with E-state index in [2.05, 4.69) is 16.4 Å². The van der Waals surface area contributed by atoms with Gasteiger partial charge in [-0.15, -0.1) is 0 Å². The van der Waals surface area contributed by atoms with E-state index in [-0.39, 0.29) is 0 Å². The Bertz CT molecular complexity index is 798. The number of aromatic nitrogens is 1. The quantitative estimate of drug-likeness (QED) is 0.616. The summed E-state index contributed by atoms with van der Waals surface area (Å²) in [6.07, 6.45) is 2.45.